The average Bonchev–Trinajstić information content (AvgIpc) is 3.14. The zero-order valence-electron chi connectivity index (χ0n) is 16.0. The SMILES string of the molecule is Cc1onc(C(=O)Nc2ccc(-c3ccccc3)cc2)c1COc1ccccc1. The van der Waals surface area contributed by atoms with Gasteiger partial charge in [-0.1, -0.05) is 65.8 Å². The second-order valence-corrected chi connectivity index (χ2v) is 6.57. The molecule has 0 saturated carbocycles. The largest absolute Gasteiger partial charge is 0.489 e. The number of amides is 1. The van der Waals surface area contributed by atoms with Crippen molar-refractivity contribution in [2.45, 2.75) is 13.5 Å². The number of aryl methyl sites for hydroxylation is 1. The molecule has 144 valence electrons. The number of para-hydroxylation sites is 1. The van der Waals surface area contributed by atoms with E-state index in [1.807, 2.05) is 84.9 Å². The lowest BCUT2D eigenvalue weighted by Gasteiger charge is -2.08. The molecular formula is C24H20N2O3. The maximum atomic E-state index is 12.7. The smallest absolute Gasteiger partial charge is 0.278 e. The number of hydrogen-bond acceptors (Lipinski definition) is 4. The molecule has 0 bridgehead atoms. The Hall–Kier alpha value is -3.86. The van der Waals surface area contributed by atoms with Gasteiger partial charge in [-0.2, -0.15) is 0 Å². The molecule has 0 unspecified atom stereocenters. The molecule has 5 nitrogen and oxygen atoms in total. The minimum absolute atomic E-state index is 0.203. The molecule has 1 amide bonds. The Morgan fingerprint density at radius 2 is 1.52 bits per heavy atom. The van der Waals surface area contributed by atoms with Crippen LogP contribution in [0.25, 0.3) is 11.1 Å². The molecule has 29 heavy (non-hydrogen) atoms. The molecule has 0 radical (unpaired) electrons. The molecule has 0 atom stereocenters. The van der Waals surface area contributed by atoms with E-state index in [4.69, 9.17) is 9.26 Å². The summed E-state index contributed by atoms with van der Waals surface area (Å²) in [4.78, 5) is 12.7. The van der Waals surface area contributed by atoms with Crippen LogP contribution in [0.2, 0.25) is 0 Å². The molecule has 0 aliphatic carbocycles. The first kappa shape index (κ1) is 18.5. The van der Waals surface area contributed by atoms with E-state index in [-0.39, 0.29) is 18.2 Å². The van der Waals surface area contributed by atoms with Gasteiger partial charge in [0.1, 0.15) is 18.1 Å². The lowest BCUT2D eigenvalue weighted by molar-refractivity contribution is 0.101. The number of nitrogens with zero attached hydrogens (tertiary/aromatic N) is 1. The van der Waals surface area contributed by atoms with Gasteiger partial charge >= 0.3 is 0 Å². The summed E-state index contributed by atoms with van der Waals surface area (Å²) in [5.41, 5.74) is 3.75. The number of ether oxygens (including phenoxy) is 1. The maximum absolute atomic E-state index is 12.7. The third-order valence-electron chi connectivity index (χ3n) is 4.58. The number of carbonyl (C=O) groups excluding carboxylic acids is 1. The molecule has 1 N–H and O–H groups in total. The van der Waals surface area contributed by atoms with Crippen molar-refractivity contribution in [2.24, 2.45) is 0 Å². The van der Waals surface area contributed by atoms with E-state index in [1.165, 1.54) is 0 Å². The Bertz CT molecular complexity index is 1090. The Balaban J connectivity index is 1.46. The molecule has 4 rings (SSSR count). The lowest BCUT2D eigenvalue weighted by Crippen LogP contribution is -2.15. The molecule has 0 saturated heterocycles. The van der Waals surface area contributed by atoms with Crippen molar-refractivity contribution in [3.8, 4) is 16.9 Å². The van der Waals surface area contributed by atoms with Crippen LogP contribution in [-0.2, 0) is 6.61 Å². The summed E-state index contributed by atoms with van der Waals surface area (Å²) >= 11 is 0. The van der Waals surface area contributed by atoms with Crippen molar-refractivity contribution in [2.75, 3.05) is 5.32 Å². The number of nitrogens with one attached hydrogen (secondary N) is 1. The van der Waals surface area contributed by atoms with Crippen LogP contribution in [0.1, 0.15) is 21.8 Å². The van der Waals surface area contributed by atoms with E-state index in [0.29, 0.717) is 17.0 Å². The van der Waals surface area contributed by atoms with Gasteiger partial charge < -0.3 is 14.6 Å². The molecule has 5 heteroatoms. The molecule has 0 fully saturated rings. The van der Waals surface area contributed by atoms with Gasteiger partial charge in [-0.3, -0.25) is 4.79 Å². The highest BCUT2D eigenvalue weighted by atomic mass is 16.5. The highest BCUT2D eigenvalue weighted by Crippen LogP contribution is 2.22. The van der Waals surface area contributed by atoms with E-state index >= 15 is 0 Å². The molecule has 4 aromatic rings. The summed E-state index contributed by atoms with van der Waals surface area (Å²) < 4.78 is 11.0. The first-order valence-electron chi connectivity index (χ1n) is 9.30. The fourth-order valence-corrected chi connectivity index (χ4v) is 2.98. The van der Waals surface area contributed by atoms with Crippen LogP contribution in [-0.4, -0.2) is 11.1 Å². The number of hydrogen-bond donors (Lipinski definition) is 1. The number of anilines is 1. The number of aromatic nitrogens is 1. The molecule has 0 aliphatic heterocycles. The second-order valence-electron chi connectivity index (χ2n) is 6.57. The second kappa shape index (κ2) is 8.44. The van der Waals surface area contributed by atoms with Crippen LogP contribution in [0.3, 0.4) is 0 Å². The first-order valence-corrected chi connectivity index (χ1v) is 9.30. The lowest BCUT2D eigenvalue weighted by atomic mass is 10.1. The molecule has 0 spiro atoms. The summed E-state index contributed by atoms with van der Waals surface area (Å²) in [6.07, 6.45) is 0. The van der Waals surface area contributed by atoms with Crippen molar-refractivity contribution in [1.29, 1.82) is 0 Å². The van der Waals surface area contributed by atoms with Gasteiger partial charge in [0.05, 0.1) is 5.56 Å². The standard InChI is InChI=1S/C24H20N2O3/c1-17-22(16-28-21-10-6-3-7-11-21)23(26-29-17)24(27)25-20-14-12-19(13-15-20)18-8-4-2-5-9-18/h2-15H,16H2,1H3,(H,25,27). The van der Waals surface area contributed by atoms with Crippen LogP contribution in [0.5, 0.6) is 5.75 Å². The maximum Gasteiger partial charge on any atom is 0.278 e. The van der Waals surface area contributed by atoms with Crippen LogP contribution in [0, 0.1) is 6.92 Å². The fraction of sp³-hybridized carbons (Fsp3) is 0.0833. The zero-order chi connectivity index (χ0) is 20.1. The summed E-state index contributed by atoms with van der Waals surface area (Å²) in [7, 11) is 0. The summed E-state index contributed by atoms with van der Waals surface area (Å²) in [5, 5.41) is 6.79. The highest BCUT2D eigenvalue weighted by Gasteiger charge is 2.20. The molecular weight excluding hydrogens is 364 g/mol. The van der Waals surface area contributed by atoms with Gasteiger partial charge in [0.25, 0.3) is 5.91 Å². The van der Waals surface area contributed by atoms with Crippen LogP contribution in [0.4, 0.5) is 5.69 Å². The van der Waals surface area contributed by atoms with Gasteiger partial charge in [0.2, 0.25) is 0 Å². The molecule has 0 aliphatic rings. The highest BCUT2D eigenvalue weighted by molar-refractivity contribution is 6.04. The Kier molecular flexibility index (Phi) is 5.38. The number of carbonyl (C=O) groups is 1. The van der Waals surface area contributed by atoms with Crippen LogP contribution in [0.15, 0.2) is 89.5 Å². The van der Waals surface area contributed by atoms with E-state index in [9.17, 15) is 4.79 Å². The zero-order valence-corrected chi connectivity index (χ0v) is 16.0. The predicted molar refractivity (Wildman–Crippen MR) is 112 cm³/mol. The van der Waals surface area contributed by atoms with Crippen molar-refractivity contribution < 1.29 is 14.1 Å². The molecule has 3 aromatic carbocycles. The van der Waals surface area contributed by atoms with Gasteiger partial charge in [0.15, 0.2) is 5.69 Å². The van der Waals surface area contributed by atoms with Crippen molar-refractivity contribution in [3.63, 3.8) is 0 Å². The third-order valence-corrected chi connectivity index (χ3v) is 4.58. The fourth-order valence-electron chi connectivity index (χ4n) is 2.98. The molecule has 1 aromatic heterocycles. The summed E-state index contributed by atoms with van der Waals surface area (Å²) in [6, 6.07) is 27.2. The molecule has 1 heterocycles. The van der Waals surface area contributed by atoms with E-state index in [1.54, 1.807) is 6.92 Å². The van der Waals surface area contributed by atoms with E-state index in [2.05, 4.69) is 10.5 Å². The van der Waals surface area contributed by atoms with Crippen molar-refractivity contribution in [1.82, 2.24) is 5.16 Å². The minimum atomic E-state index is -0.332. The van der Waals surface area contributed by atoms with Gasteiger partial charge in [-0.15, -0.1) is 0 Å². The van der Waals surface area contributed by atoms with Gasteiger partial charge in [-0.05, 0) is 42.3 Å². The van der Waals surface area contributed by atoms with E-state index in [0.717, 1.165) is 16.9 Å². The van der Waals surface area contributed by atoms with Crippen LogP contribution >= 0.6 is 0 Å². The number of rotatable bonds is 6. The minimum Gasteiger partial charge on any atom is -0.489 e. The normalized spacial score (nSPS) is 10.5. The predicted octanol–water partition coefficient (Wildman–Crippen LogP) is 5.48. The average molecular weight is 384 g/mol. The third kappa shape index (κ3) is 4.35. The topological polar surface area (TPSA) is 64.4 Å². The summed E-state index contributed by atoms with van der Waals surface area (Å²) in [6.45, 7) is 1.97. The Morgan fingerprint density at radius 3 is 2.21 bits per heavy atom. The van der Waals surface area contributed by atoms with Crippen LogP contribution < -0.4 is 10.1 Å². The number of benzene rings is 3. The van der Waals surface area contributed by atoms with Gasteiger partial charge in [-0.25, -0.2) is 0 Å². The van der Waals surface area contributed by atoms with Crippen molar-refractivity contribution in [3.05, 3.63) is 102 Å². The van der Waals surface area contributed by atoms with Gasteiger partial charge in [0, 0.05) is 5.69 Å². The van der Waals surface area contributed by atoms with E-state index < -0.39 is 0 Å². The first-order chi connectivity index (χ1) is 14.2. The quantitative estimate of drug-likeness (QED) is 0.478. The summed E-state index contributed by atoms with van der Waals surface area (Å²) in [5.74, 6) is 0.947. The Morgan fingerprint density at radius 1 is 0.897 bits per heavy atom. The van der Waals surface area contributed by atoms with Crippen molar-refractivity contribution >= 4 is 11.6 Å². The Labute approximate surface area is 168 Å². The monoisotopic (exact) mass is 384 g/mol.